The third-order valence-electron chi connectivity index (χ3n) is 11.0. The zero-order valence-electron chi connectivity index (χ0n) is 34.3. The second-order valence-corrected chi connectivity index (χ2v) is 20.4. The van der Waals surface area contributed by atoms with E-state index in [0.29, 0.717) is 25.7 Å². The minimum absolute atomic E-state index is 0.0196. The number of benzene rings is 4. The van der Waals surface area contributed by atoms with E-state index >= 15 is 0 Å². The Morgan fingerprint density at radius 3 is 0.778 bits per heavy atom. The summed E-state index contributed by atoms with van der Waals surface area (Å²) in [4.78, 5) is 25.6. The molecular weight excluding hydrogens is 711 g/mol. The van der Waals surface area contributed by atoms with Gasteiger partial charge in [0.15, 0.2) is 0 Å². The molecule has 0 unspecified atom stereocenters. The summed E-state index contributed by atoms with van der Waals surface area (Å²) >= 11 is 12.4. The van der Waals surface area contributed by atoms with E-state index in [0.717, 1.165) is 77.9 Å². The van der Waals surface area contributed by atoms with Crippen molar-refractivity contribution in [3.8, 4) is 11.5 Å². The maximum atomic E-state index is 12.8. The lowest BCUT2D eigenvalue weighted by Crippen LogP contribution is -2.18. The van der Waals surface area contributed by atoms with Crippen LogP contribution in [-0.2, 0) is 69.8 Å². The minimum atomic E-state index is -0.466. The Bertz CT molecular complexity index is 1880. The number of aromatic hydroxyl groups is 2. The Hall–Kier alpha value is -3.60. The molecule has 1 aliphatic carbocycles. The van der Waals surface area contributed by atoms with Crippen LogP contribution >= 0.6 is 23.2 Å². The quantitative estimate of drug-likeness (QED) is 0.179. The van der Waals surface area contributed by atoms with Crippen LogP contribution in [0.5, 0.6) is 11.5 Å². The molecule has 288 valence electrons. The van der Waals surface area contributed by atoms with E-state index in [4.69, 9.17) is 23.2 Å². The average Bonchev–Trinajstić information content (AvgIpc) is 3.00. The molecule has 0 atom stereocenters. The van der Waals surface area contributed by atoms with E-state index in [9.17, 15) is 19.8 Å². The van der Waals surface area contributed by atoms with Crippen LogP contribution in [0.25, 0.3) is 0 Å². The number of carbonyl (C=O) groups is 2. The van der Waals surface area contributed by atoms with Gasteiger partial charge in [-0.15, -0.1) is 0 Å². The van der Waals surface area contributed by atoms with Crippen LogP contribution in [0.4, 0.5) is 0 Å². The minimum Gasteiger partial charge on any atom is -0.507 e. The van der Waals surface area contributed by atoms with Gasteiger partial charge in [0.2, 0.25) is 10.5 Å². The number of rotatable bonds is 4. The molecule has 0 amide bonds. The summed E-state index contributed by atoms with van der Waals surface area (Å²) < 4.78 is 0. The first-order chi connectivity index (χ1) is 24.7. The van der Waals surface area contributed by atoms with Gasteiger partial charge in [-0.25, -0.2) is 0 Å². The Labute approximate surface area is 333 Å². The van der Waals surface area contributed by atoms with Crippen LogP contribution in [-0.4, -0.2) is 20.7 Å². The average molecular weight is 770 g/mol. The molecule has 1 aliphatic rings. The zero-order chi connectivity index (χ0) is 40.3. The lowest BCUT2D eigenvalue weighted by atomic mass is 9.77. The van der Waals surface area contributed by atoms with Crippen molar-refractivity contribution in [3.63, 3.8) is 0 Å². The van der Waals surface area contributed by atoms with E-state index in [1.165, 1.54) is 0 Å². The van der Waals surface area contributed by atoms with Crippen molar-refractivity contribution in [1.29, 1.82) is 0 Å². The smallest absolute Gasteiger partial charge is 0.226 e. The Morgan fingerprint density at radius 2 is 0.611 bits per heavy atom. The topological polar surface area (TPSA) is 74.6 Å². The monoisotopic (exact) mass is 768 g/mol. The lowest BCUT2D eigenvalue weighted by molar-refractivity contribution is -0.111. The number of carbonyl (C=O) groups excluding carboxylic acids is 2. The van der Waals surface area contributed by atoms with Gasteiger partial charge in [0.05, 0.1) is 0 Å². The van der Waals surface area contributed by atoms with Gasteiger partial charge in [0.25, 0.3) is 0 Å². The molecular formula is C48H58Cl2O4. The maximum absolute atomic E-state index is 12.8. The van der Waals surface area contributed by atoms with Crippen LogP contribution in [0.2, 0.25) is 0 Å². The fourth-order valence-corrected chi connectivity index (χ4v) is 7.84. The van der Waals surface area contributed by atoms with Crippen LogP contribution < -0.4 is 0 Å². The number of halogens is 2. The highest BCUT2D eigenvalue weighted by Crippen LogP contribution is 2.41. The van der Waals surface area contributed by atoms with Crippen LogP contribution in [0.15, 0.2) is 48.5 Å². The van der Waals surface area contributed by atoms with Crippen molar-refractivity contribution in [1.82, 2.24) is 0 Å². The SMILES string of the molecule is CC(C)(C)c1cc2c(O)c(c1)Cc1cc(C(C)(C)C)cc(c1CC(=O)Cl)Cc1cc(C(C)(C)C)cc(c1O)Cc1cc(C(C)(C)C)cc(c1CC(=O)Cl)C2. The van der Waals surface area contributed by atoms with Gasteiger partial charge >= 0.3 is 0 Å². The molecule has 4 aromatic carbocycles. The van der Waals surface area contributed by atoms with Crippen molar-refractivity contribution < 1.29 is 19.8 Å². The molecule has 0 heterocycles. The van der Waals surface area contributed by atoms with Crippen LogP contribution in [0, 0.1) is 0 Å². The molecule has 0 radical (unpaired) electrons. The highest BCUT2D eigenvalue weighted by atomic mass is 35.5. The number of fused-ring (bicyclic) bond motifs is 8. The predicted octanol–water partition coefficient (Wildman–Crippen LogP) is 11.6. The van der Waals surface area contributed by atoms with Gasteiger partial charge in [0.1, 0.15) is 11.5 Å². The highest BCUT2D eigenvalue weighted by molar-refractivity contribution is 6.64. The first-order valence-corrected chi connectivity index (χ1v) is 19.9. The number of phenolic OH excluding ortho intramolecular Hbond substituents is 2. The zero-order valence-corrected chi connectivity index (χ0v) is 35.8. The molecule has 0 saturated heterocycles. The molecule has 5 rings (SSSR count). The van der Waals surface area contributed by atoms with Gasteiger partial charge in [-0.3, -0.25) is 9.59 Å². The summed E-state index contributed by atoms with van der Waals surface area (Å²) in [6.07, 6.45) is 1.53. The largest absolute Gasteiger partial charge is 0.507 e. The second-order valence-electron chi connectivity index (χ2n) is 19.6. The number of hydrogen-bond donors (Lipinski definition) is 2. The maximum Gasteiger partial charge on any atom is 0.226 e. The Kier molecular flexibility index (Phi) is 11.4. The molecule has 54 heavy (non-hydrogen) atoms. The highest BCUT2D eigenvalue weighted by Gasteiger charge is 2.28. The van der Waals surface area contributed by atoms with Crippen molar-refractivity contribution in [2.45, 2.75) is 143 Å². The van der Waals surface area contributed by atoms with E-state index in [1.807, 2.05) is 0 Å². The molecule has 6 heteroatoms. The van der Waals surface area contributed by atoms with Crippen LogP contribution in [0.3, 0.4) is 0 Å². The van der Waals surface area contributed by atoms with E-state index in [1.54, 1.807) is 0 Å². The van der Waals surface area contributed by atoms with Gasteiger partial charge in [-0.05, 0) is 123 Å². The summed E-state index contributed by atoms with van der Waals surface area (Å²) in [7, 11) is 0. The predicted molar refractivity (Wildman–Crippen MR) is 224 cm³/mol. The number of phenols is 2. The molecule has 8 bridgehead atoms. The van der Waals surface area contributed by atoms with Gasteiger partial charge < -0.3 is 10.2 Å². The summed E-state index contributed by atoms with van der Waals surface area (Å²) in [6.45, 7) is 26.0. The molecule has 0 aliphatic heterocycles. The van der Waals surface area contributed by atoms with Crippen molar-refractivity contribution in [3.05, 3.63) is 126 Å². The third-order valence-corrected chi connectivity index (χ3v) is 11.3. The summed E-state index contributed by atoms with van der Waals surface area (Å²) in [6, 6.07) is 17.0. The Morgan fingerprint density at radius 1 is 0.426 bits per heavy atom. The van der Waals surface area contributed by atoms with Gasteiger partial charge in [-0.1, -0.05) is 132 Å². The number of hydrogen-bond acceptors (Lipinski definition) is 4. The molecule has 4 nitrogen and oxygen atoms in total. The molecule has 4 aromatic rings. The van der Waals surface area contributed by atoms with Crippen molar-refractivity contribution in [2.75, 3.05) is 0 Å². The standard InChI is InChI=1S/C48H58Cl2O4/c1-45(2,3)35-17-27-13-31-21-37(47(7,8)9)23-33(43(31)53)15-29-19-36(46(4,5)6)20-30(40(29)26-42(50)52)16-34-24-38(48(10,11)12)22-32(44(34)54)14-28(18-35)39(27)25-41(49)51/h17-24,53-54H,13-16,25-26H2,1-12H3. The molecule has 0 fully saturated rings. The summed E-state index contributed by atoms with van der Waals surface area (Å²) in [5.74, 6) is 0.397. The molecule has 0 aromatic heterocycles. The molecule has 0 saturated carbocycles. The fraction of sp³-hybridized carbons (Fsp3) is 0.458. The summed E-state index contributed by atoms with van der Waals surface area (Å²) in [5, 5.41) is 23.6. The lowest BCUT2D eigenvalue weighted by Gasteiger charge is -2.28. The Balaban J connectivity index is 1.97. The van der Waals surface area contributed by atoms with Crippen LogP contribution in [0.1, 0.15) is 161 Å². The van der Waals surface area contributed by atoms with E-state index < -0.39 is 10.5 Å². The molecule has 0 spiro atoms. The van der Waals surface area contributed by atoms with E-state index in [2.05, 4.69) is 132 Å². The first-order valence-electron chi connectivity index (χ1n) is 19.1. The fourth-order valence-electron chi connectivity index (χ4n) is 7.57. The van der Waals surface area contributed by atoms with E-state index in [-0.39, 0.29) is 46.0 Å². The van der Waals surface area contributed by atoms with Gasteiger partial charge in [-0.2, -0.15) is 0 Å². The first kappa shape index (κ1) is 41.6. The molecule has 2 N–H and O–H groups in total. The van der Waals surface area contributed by atoms with Crippen molar-refractivity contribution >= 4 is 33.7 Å². The third kappa shape index (κ3) is 9.25. The van der Waals surface area contributed by atoms with Crippen molar-refractivity contribution in [2.24, 2.45) is 0 Å². The van der Waals surface area contributed by atoms with Gasteiger partial charge in [0, 0.05) is 38.5 Å². The normalized spacial score (nSPS) is 13.9. The second kappa shape index (κ2) is 14.8. The summed E-state index contributed by atoms with van der Waals surface area (Å²) in [5.41, 5.74) is 11.8.